The quantitative estimate of drug-likeness (QED) is 0.651. The van der Waals surface area contributed by atoms with E-state index in [1.807, 2.05) is 13.0 Å². The molecule has 2 aromatic heterocycles. The predicted octanol–water partition coefficient (Wildman–Crippen LogP) is 1.06. The first kappa shape index (κ1) is 17.5. The number of rotatable bonds is 7. The van der Waals surface area contributed by atoms with E-state index in [1.165, 1.54) is 11.0 Å². The SMILES string of the molecule is Cc1cc(CN)cc(Oc2cccc(C(=O)NCCn3cnnn3)c2)n1. The highest BCUT2D eigenvalue weighted by Crippen LogP contribution is 2.22. The third kappa shape index (κ3) is 4.61. The molecule has 1 aromatic carbocycles. The molecule has 0 atom stereocenters. The minimum atomic E-state index is -0.205. The van der Waals surface area contributed by atoms with Gasteiger partial charge in [0.15, 0.2) is 0 Å². The van der Waals surface area contributed by atoms with E-state index in [9.17, 15) is 4.79 Å². The van der Waals surface area contributed by atoms with Crippen molar-refractivity contribution in [3.05, 3.63) is 59.5 Å². The second kappa shape index (κ2) is 8.17. The van der Waals surface area contributed by atoms with Gasteiger partial charge >= 0.3 is 0 Å². The summed E-state index contributed by atoms with van der Waals surface area (Å²) >= 11 is 0. The van der Waals surface area contributed by atoms with Gasteiger partial charge in [-0.15, -0.1) is 5.10 Å². The summed E-state index contributed by atoms with van der Waals surface area (Å²) in [6, 6.07) is 10.6. The molecule has 134 valence electrons. The summed E-state index contributed by atoms with van der Waals surface area (Å²) in [6.45, 7) is 3.18. The highest BCUT2D eigenvalue weighted by Gasteiger charge is 2.08. The lowest BCUT2D eigenvalue weighted by Crippen LogP contribution is -2.27. The van der Waals surface area contributed by atoms with Crippen LogP contribution in [0.1, 0.15) is 21.6 Å². The maximum absolute atomic E-state index is 12.3. The van der Waals surface area contributed by atoms with E-state index in [1.54, 1.807) is 30.3 Å². The number of ether oxygens (including phenoxy) is 1. The summed E-state index contributed by atoms with van der Waals surface area (Å²) in [5, 5.41) is 13.6. The fourth-order valence-electron chi connectivity index (χ4n) is 2.37. The van der Waals surface area contributed by atoms with Crippen molar-refractivity contribution in [2.45, 2.75) is 20.0 Å². The van der Waals surface area contributed by atoms with Gasteiger partial charge in [-0.25, -0.2) is 9.67 Å². The number of amides is 1. The molecule has 0 aliphatic heterocycles. The van der Waals surface area contributed by atoms with Gasteiger partial charge in [-0.3, -0.25) is 4.79 Å². The molecule has 0 saturated heterocycles. The molecule has 3 rings (SSSR count). The topological polar surface area (TPSA) is 121 Å². The normalized spacial score (nSPS) is 10.5. The molecule has 9 nitrogen and oxygen atoms in total. The van der Waals surface area contributed by atoms with Crippen molar-refractivity contribution < 1.29 is 9.53 Å². The average Bonchev–Trinajstić information content (AvgIpc) is 3.14. The zero-order valence-corrected chi connectivity index (χ0v) is 14.3. The first-order valence-electron chi connectivity index (χ1n) is 8.08. The summed E-state index contributed by atoms with van der Waals surface area (Å²) in [6.07, 6.45) is 1.49. The number of nitrogens with two attached hydrogens (primary N) is 1. The molecule has 0 aliphatic rings. The second-order valence-electron chi connectivity index (χ2n) is 5.62. The predicted molar refractivity (Wildman–Crippen MR) is 93.5 cm³/mol. The maximum Gasteiger partial charge on any atom is 0.251 e. The van der Waals surface area contributed by atoms with E-state index >= 15 is 0 Å². The monoisotopic (exact) mass is 353 g/mol. The third-order valence-corrected chi connectivity index (χ3v) is 3.56. The summed E-state index contributed by atoms with van der Waals surface area (Å²) in [5.74, 6) is 0.768. The van der Waals surface area contributed by atoms with Gasteiger partial charge in [-0.2, -0.15) is 0 Å². The van der Waals surface area contributed by atoms with Crippen molar-refractivity contribution in [3.8, 4) is 11.6 Å². The van der Waals surface area contributed by atoms with Crippen LogP contribution in [0, 0.1) is 6.92 Å². The van der Waals surface area contributed by atoms with Gasteiger partial charge in [0.1, 0.15) is 12.1 Å². The number of aryl methyl sites for hydroxylation is 1. The molecule has 0 bridgehead atoms. The number of carbonyl (C=O) groups excluding carboxylic acids is 1. The molecule has 0 unspecified atom stereocenters. The number of hydrogen-bond acceptors (Lipinski definition) is 7. The molecule has 1 amide bonds. The minimum absolute atomic E-state index is 0.205. The van der Waals surface area contributed by atoms with Gasteiger partial charge in [0, 0.05) is 30.4 Å². The van der Waals surface area contributed by atoms with E-state index in [2.05, 4.69) is 25.8 Å². The van der Waals surface area contributed by atoms with Crippen LogP contribution < -0.4 is 15.8 Å². The Labute approximate surface area is 150 Å². The van der Waals surface area contributed by atoms with E-state index in [0.29, 0.717) is 36.8 Å². The van der Waals surface area contributed by atoms with Crippen LogP contribution in [0.5, 0.6) is 11.6 Å². The van der Waals surface area contributed by atoms with Gasteiger partial charge in [0.25, 0.3) is 5.91 Å². The van der Waals surface area contributed by atoms with Crippen molar-refractivity contribution in [2.24, 2.45) is 5.73 Å². The first-order chi connectivity index (χ1) is 12.6. The Bertz CT molecular complexity index is 881. The Morgan fingerprint density at radius 3 is 2.96 bits per heavy atom. The third-order valence-electron chi connectivity index (χ3n) is 3.56. The molecule has 0 saturated carbocycles. The summed E-state index contributed by atoms with van der Waals surface area (Å²) in [4.78, 5) is 16.6. The maximum atomic E-state index is 12.3. The summed E-state index contributed by atoms with van der Waals surface area (Å²) < 4.78 is 7.32. The Hall–Kier alpha value is -3.33. The molecule has 0 aliphatic carbocycles. The number of pyridine rings is 1. The fraction of sp³-hybridized carbons (Fsp3) is 0.235. The van der Waals surface area contributed by atoms with Crippen molar-refractivity contribution in [1.29, 1.82) is 0 Å². The number of nitrogens with one attached hydrogen (secondary N) is 1. The Balaban J connectivity index is 1.64. The van der Waals surface area contributed by atoms with Crippen LogP contribution in [0.25, 0.3) is 0 Å². The molecule has 9 heteroatoms. The number of carbonyl (C=O) groups is 1. The molecular weight excluding hydrogens is 334 g/mol. The van der Waals surface area contributed by atoms with Gasteiger partial charge < -0.3 is 15.8 Å². The molecule has 2 heterocycles. The van der Waals surface area contributed by atoms with E-state index in [0.717, 1.165) is 11.3 Å². The van der Waals surface area contributed by atoms with Crippen molar-refractivity contribution >= 4 is 5.91 Å². The number of hydrogen-bond donors (Lipinski definition) is 2. The van der Waals surface area contributed by atoms with E-state index < -0.39 is 0 Å². The van der Waals surface area contributed by atoms with Crippen molar-refractivity contribution in [3.63, 3.8) is 0 Å². The summed E-state index contributed by atoms with van der Waals surface area (Å²) in [7, 11) is 0. The number of tetrazole rings is 1. The number of aromatic nitrogens is 5. The van der Waals surface area contributed by atoms with Crippen molar-refractivity contribution in [1.82, 2.24) is 30.5 Å². The van der Waals surface area contributed by atoms with Crippen LogP contribution in [-0.2, 0) is 13.1 Å². The van der Waals surface area contributed by atoms with Crippen LogP contribution in [0.15, 0.2) is 42.7 Å². The summed E-state index contributed by atoms with van der Waals surface area (Å²) in [5.41, 5.74) is 7.92. The van der Waals surface area contributed by atoms with Crippen LogP contribution >= 0.6 is 0 Å². The number of benzene rings is 1. The van der Waals surface area contributed by atoms with Crippen LogP contribution in [-0.4, -0.2) is 37.6 Å². The molecular formula is C17H19N7O2. The molecule has 3 aromatic rings. The largest absolute Gasteiger partial charge is 0.439 e. The lowest BCUT2D eigenvalue weighted by molar-refractivity contribution is 0.0951. The lowest BCUT2D eigenvalue weighted by Gasteiger charge is -2.09. The van der Waals surface area contributed by atoms with Gasteiger partial charge in [0.05, 0.1) is 6.54 Å². The smallest absolute Gasteiger partial charge is 0.251 e. The van der Waals surface area contributed by atoms with Crippen LogP contribution in [0.4, 0.5) is 0 Å². The van der Waals surface area contributed by atoms with Gasteiger partial charge in [0.2, 0.25) is 5.88 Å². The minimum Gasteiger partial charge on any atom is -0.439 e. The molecule has 0 radical (unpaired) electrons. The van der Waals surface area contributed by atoms with Gasteiger partial charge in [-0.1, -0.05) is 6.07 Å². The van der Waals surface area contributed by atoms with Crippen LogP contribution in [0.3, 0.4) is 0 Å². The van der Waals surface area contributed by atoms with E-state index in [4.69, 9.17) is 10.5 Å². The Morgan fingerprint density at radius 1 is 1.31 bits per heavy atom. The second-order valence-corrected chi connectivity index (χ2v) is 5.62. The molecule has 0 spiro atoms. The van der Waals surface area contributed by atoms with Crippen LogP contribution in [0.2, 0.25) is 0 Å². The lowest BCUT2D eigenvalue weighted by atomic mass is 10.2. The Morgan fingerprint density at radius 2 is 2.19 bits per heavy atom. The number of nitrogens with zero attached hydrogens (tertiary/aromatic N) is 5. The standard InChI is InChI=1S/C17H19N7O2/c1-12-7-13(10-18)8-16(21-12)26-15-4-2-3-14(9-15)17(25)19-5-6-24-11-20-22-23-24/h2-4,7-9,11H,5-6,10,18H2,1H3,(H,19,25). The van der Waals surface area contributed by atoms with Gasteiger partial charge in [-0.05, 0) is 47.2 Å². The molecule has 26 heavy (non-hydrogen) atoms. The zero-order valence-electron chi connectivity index (χ0n) is 14.3. The first-order valence-corrected chi connectivity index (χ1v) is 8.08. The fourth-order valence-corrected chi connectivity index (χ4v) is 2.37. The zero-order chi connectivity index (χ0) is 18.4. The molecule has 3 N–H and O–H groups in total. The molecule has 0 fully saturated rings. The van der Waals surface area contributed by atoms with E-state index in [-0.39, 0.29) is 5.91 Å². The Kier molecular flexibility index (Phi) is 5.49. The highest BCUT2D eigenvalue weighted by molar-refractivity contribution is 5.94. The highest BCUT2D eigenvalue weighted by atomic mass is 16.5. The average molecular weight is 353 g/mol. The van der Waals surface area contributed by atoms with Crippen molar-refractivity contribution in [2.75, 3.05) is 6.54 Å².